The Bertz CT molecular complexity index is 991. The first-order valence-electron chi connectivity index (χ1n) is 7.85. The van der Waals surface area contributed by atoms with Crippen LogP contribution in [0.2, 0.25) is 0 Å². The van der Waals surface area contributed by atoms with E-state index in [1.807, 2.05) is 49.4 Å². The first-order valence-corrected chi connectivity index (χ1v) is 9.34. The minimum absolute atomic E-state index is 0.131. The van der Waals surface area contributed by atoms with Crippen molar-refractivity contribution in [1.29, 1.82) is 0 Å². The Hall–Kier alpha value is -2.86. The summed E-state index contributed by atoms with van der Waals surface area (Å²) >= 11 is 0. The summed E-state index contributed by atoms with van der Waals surface area (Å²) in [6, 6.07) is 19.9. The lowest BCUT2D eigenvalue weighted by atomic mass is 10.1. The van der Waals surface area contributed by atoms with Crippen LogP contribution < -0.4 is 9.57 Å². The van der Waals surface area contributed by atoms with Gasteiger partial charge in [-0.2, -0.15) is 13.5 Å². The third kappa shape index (κ3) is 3.97. The quantitative estimate of drug-likeness (QED) is 0.544. The summed E-state index contributed by atoms with van der Waals surface area (Å²) in [5.74, 6) is 0.626. The number of benzene rings is 3. The average molecular weight is 354 g/mol. The standard InChI is InChI=1S/C19H18N2O3S/c1-2-24-17-10-12-18(13-11-17)25(22,23)21-20-14-16-8-5-7-15-6-3-4-9-19(15)16/h3-14,21H,2H2,1H3/b20-14+. The van der Waals surface area contributed by atoms with Crippen molar-refractivity contribution in [1.82, 2.24) is 4.83 Å². The number of hydrazone groups is 1. The zero-order valence-corrected chi connectivity index (χ0v) is 14.5. The van der Waals surface area contributed by atoms with Crippen LogP contribution in [-0.2, 0) is 10.0 Å². The minimum atomic E-state index is -3.72. The monoisotopic (exact) mass is 354 g/mol. The van der Waals surface area contributed by atoms with E-state index in [1.165, 1.54) is 18.3 Å². The first kappa shape index (κ1) is 17.0. The molecule has 5 nitrogen and oxygen atoms in total. The van der Waals surface area contributed by atoms with Gasteiger partial charge in [-0.15, -0.1) is 0 Å². The van der Waals surface area contributed by atoms with Crippen molar-refractivity contribution in [2.24, 2.45) is 5.10 Å². The van der Waals surface area contributed by atoms with Gasteiger partial charge in [-0.1, -0.05) is 42.5 Å². The highest BCUT2D eigenvalue weighted by molar-refractivity contribution is 7.89. The lowest BCUT2D eigenvalue weighted by Crippen LogP contribution is -2.18. The Morgan fingerprint density at radius 3 is 2.48 bits per heavy atom. The van der Waals surface area contributed by atoms with Crippen LogP contribution in [0.15, 0.2) is 76.7 Å². The van der Waals surface area contributed by atoms with Crippen molar-refractivity contribution >= 4 is 27.0 Å². The molecule has 0 aromatic heterocycles. The fourth-order valence-electron chi connectivity index (χ4n) is 2.46. The molecule has 1 N–H and O–H groups in total. The van der Waals surface area contributed by atoms with Gasteiger partial charge in [0.05, 0.1) is 17.7 Å². The molecule has 128 valence electrons. The molecule has 0 aliphatic carbocycles. The van der Waals surface area contributed by atoms with Gasteiger partial charge in [-0.3, -0.25) is 0 Å². The second-order valence-electron chi connectivity index (χ2n) is 5.33. The number of sulfonamides is 1. The lowest BCUT2D eigenvalue weighted by Gasteiger charge is -2.06. The van der Waals surface area contributed by atoms with E-state index >= 15 is 0 Å². The zero-order valence-electron chi connectivity index (χ0n) is 13.7. The topological polar surface area (TPSA) is 67.8 Å². The van der Waals surface area contributed by atoms with Gasteiger partial charge in [0.25, 0.3) is 10.0 Å². The van der Waals surface area contributed by atoms with E-state index in [9.17, 15) is 8.42 Å². The molecular formula is C19H18N2O3S. The molecule has 3 aromatic rings. The van der Waals surface area contributed by atoms with Gasteiger partial charge in [0, 0.05) is 5.56 Å². The van der Waals surface area contributed by atoms with Crippen LogP contribution in [0.25, 0.3) is 10.8 Å². The van der Waals surface area contributed by atoms with Gasteiger partial charge in [-0.25, -0.2) is 4.83 Å². The molecule has 0 atom stereocenters. The highest BCUT2D eigenvalue weighted by Crippen LogP contribution is 2.17. The average Bonchev–Trinajstić information content (AvgIpc) is 2.63. The largest absolute Gasteiger partial charge is 0.494 e. The summed E-state index contributed by atoms with van der Waals surface area (Å²) in [5.41, 5.74) is 0.840. The number of rotatable bonds is 6. The lowest BCUT2D eigenvalue weighted by molar-refractivity contribution is 0.340. The van der Waals surface area contributed by atoms with Gasteiger partial charge in [0.1, 0.15) is 5.75 Å². The molecule has 0 unspecified atom stereocenters. The van der Waals surface area contributed by atoms with Crippen LogP contribution in [-0.4, -0.2) is 21.2 Å². The summed E-state index contributed by atoms with van der Waals surface area (Å²) in [5, 5.41) is 5.98. The molecular weight excluding hydrogens is 336 g/mol. The minimum Gasteiger partial charge on any atom is -0.494 e. The van der Waals surface area contributed by atoms with E-state index in [1.54, 1.807) is 12.1 Å². The predicted molar refractivity (Wildman–Crippen MR) is 99.5 cm³/mol. The molecule has 0 bridgehead atoms. The Morgan fingerprint density at radius 1 is 1.00 bits per heavy atom. The second kappa shape index (κ2) is 7.36. The molecule has 0 amide bonds. The van der Waals surface area contributed by atoms with Crippen LogP contribution in [0.5, 0.6) is 5.75 Å². The van der Waals surface area contributed by atoms with Crippen molar-refractivity contribution in [3.8, 4) is 5.75 Å². The van der Waals surface area contributed by atoms with E-state index < -0.39 is 10.0 Å². The molecule has 0 aliphatic heterocycles. The van der Waals surface area contributed by atoms with Crippen molar-refractivity contribution in [3.05, 3.63) is 72.3 Å². The Morgan fingerprint density at radius 2 is 1.72 bits per heavy atom. The molecule has 0 heterocycles. The van der Waals surface area contributed by atoms with Gasteiger partial charge in [0.2, 0.25) is 0 Å². The third-order valence-corrected chi connectivity index (χ3v) is 4.88. The van der Waals surface area contributed by atoms with Crippen molar-refractivity contribution < 1.29 is 13.2 Å². The van der Waals surface area contributed by atoms with Crippen LogP contribution in [0, 0.1) is 0 Å². The fraction of sp³-hybridized carbons (Fsp3) is 0.105. The van der Waals surface area contributed by atoms with Crippen molar-refractivity contribution in [2.75, 3.05) is 6.61 Å². The number of nitrogens with zero attached hydrogens (tertiary/aromatic N) is 1. The molecule has 25 heavy (non-hydrogen) atoms. The predicted octanol–water partition coefficient (Wildman–Crippen LogP) is 3.55. The maximum Gasteiger partial charge on any atom is 0.276 e. The summed E-state index contributed by atoms with van der Waals surface area (Å²) in [4.78, 5) is 2.37. The highest BCUT2D eigenvalue weighted by Gasteiger charge is 2.12. The summed E-state index contributed by atoms with van der Waals surface area (Å²) < 4.78 is 29.9. The highest BCUT2D eigenvalue weighted by atomic mass is 32.2. The molecule has 0 fully saturated rings. The molecule has 3 aromatic carbocycles. The van der Waals surface area contributed by atoms with Crippen molar-refractivity contribution in [2.45, 2.75) is 11.8 Å². The van der Waals surface area contributed by atoms with Gasteiger partial charge in [-0.05, 0) is 42.0 Å². The van der Waals surface area contributed by atoms with E-state index in [-0.39, 0.29) is 4.90 Å². The number of hydrogen-bond acceptors (Lipinski definition) is 4. The fourth-order valence-corrected chi connectivity index (χ4v) is 3.25. The smallest absolute Gasteiger partial charge is 0.276 e. The number of hydrogen-bond donors (Lipinski definition) is 1. The van der Waals surface area contributed by atoms with Gasteiger partial charge < -0.3 is 4.74 Å². The van der Waals surface area contributed by atoms with E-state index in [2.05, 4.69) is 9.93 Å². The van der Waals surface area contributed by atoms with Crippen LogP contribution in [0.3, 0.4) is 0 Å². The van der Waals surface area contributed by atoms with Crippen molar-refractivity contribution in [3.63, 3.8) is 0 Å². The summed E-state index contributed by atoms with van der Waals surface area (Å²) in [6.45, 7) is 2.40. The van der Waals surface area contributed by atoms with Gasteiger partial charge in [0.15, 0.2) is 0 Å². The summed E-state index contributed by atoms with van der Waals surface area (Å²) in [7, 11) is -3.72. The van der Waals surface area contributed by atoms with Crippen LogP contribution in [0.1, 0.15) is 12.5 Å². The molecule has 0 saturated carbocycles. The number of nitrogens with one attached hydrogen (secondary N) is 1. The molecule has 0 radical (unpaired) electrons. The molecule has 3 rings (SSSR count). The maximum absolute atomic E-state index is 12.3. The Kier molecular flexibility index (Phi) is 5.00. The van der Waals surface area contributed by atoms with Gasteiger partial charge >= 0.3 is 0 Å². The van der Waals surface area contributed by atoms with E-state index in [0.717, 1.165) is 16.3 Å². The second-order valence-corrected chi connectivity index (χ2v) is 6.99. The van der Waals surface area contributed by atoms with Crippen LogP contribution >= 0.6 is 0 Å². The van der Waals surface area contributed by atoms with E-state index in [4.69, 9.17) is 4.74 Å². The summed E-state index contributed by atoms with van der Waals surface area (Å²) in [6.07, 6.45) is 1.51. The SMILES string of the molecule is CCOc1ccc(S(=O)(=O)N/N=C/c2cccc3ccccc23)cc1. The third-order valence-electron chi connectivity index (χ3n) is 3.64. The van der Waals surface area contributed by atoms with E-state index in [0.29, 0.717) is 12.4 Å². The molecule has 0 aliphatic rings. The number of fused-ring (bicyclic) bond motifs is 1. The van der Waals surface area contributed by atoms with Crippen LogP contribution in [0.4, 0.5) is 0 Å². The normalized spacial score (nSPS) is 11.7. The number of ether oxygens (including phenoxy) is 1. The molecule has 0 spiro atoms. The molecule has 0 saturated heterocycles. The molecule has 6 heteroatoms. The first-order chi connectivity index (χ1) is 12.1. The Balaban J connectivity index is 1.78. The zero-order chi connectivity index (χ0) is 17.7. The maximum atomic E-state index is 12.3. The Labute approximate surface area is 147 Å².